The number of nitrogens with zero attached hydrogens (tertiary/aromatic N) is 1. The molecule has 19 heavy (non-hydrogen) atoms. The Morgan fingerprint density at radius 1 is 1.53 bits per heavy atom. The second kappa shape index (κ2) is 4.97. The van der Waals surface area contributed by atoms with Crippen molar-refractivity contribution in [3.05, 3.63) is 23.4 Å². The van der Waals surface area contributed by atoms with Gasteiger partial charge in [-0.15, -0.1) is 0 Å². The lowest BCUT2D eigenvalue weighted by atomic mass is 9.85. The summed E-state index contributed by atoms with van der Waals surface area (Å²) >= 11 is 5.76. The maximum atomic E-state index is 13.1. The number of aromatic nitrogens is 1. The number of amides is 1. The first kappa shape index (κ1) is 14.1. The highest BCUT2D eigenvalue weighted by molar-refractivity contribution is 6.33. The summed E-state index contributed by atoms with van der Waals surface area (Å²) in [5.41, 5.74) is -2.42. The van der Waals surface area contributed by atoms with Crippen molar-refractivity contribution in [2.45, 2.75) is 12.6 Å². The van der Waals surface area contributed by atoms with Gasteiger partial charge in [-0.3, -0.25) is 4.79 Å². The molecule has 1 aliphatic heterocycles. The lowest BCUT2D eigenvalue weighted by Gasteiger charge is -2.29. The summed E-state index contributed by atoms with van der Waals surface area (Å²) in [5, 5.41) is 4.82. The van der Waals surface area contributed by atoms with Gasteiger partial charge in [-0.05, 0) is 25.1 Å². The Balaban J connectivity index is 2.25. The summed E-state index contributed by atoms with van der Waals surface area (Å²) in [4.78, 5) is 15.7. The standard InChI is InChI=1S/C11H11ClF3N3O/c12-7-2-1-4-17-8(7)18-9(19)10(11(13,14)15)3-5-16-6-10/h1-2,4,16H,3,5-6H2,(H,17,18,19). The van der Waals surface area contributed by atoms with Crippen molar-refractivity contribution < 1.29 is 18.0 Å². The Bertz CT molecular complexity index is 486. The van der Waals surface area contributed by atoms with Crippen LogP contribution < -0.4 is 10.6 Å². The van der Waals surface area contributed by atoms with Crippen molar-refractivity contribution in [1.29, 1.82) is 0 Å². The van der Waals surface area contributed by atoms with Crippen LogP contribution in [-0.4, -0.2) is 30.2 Å². The summed E-state index contributed by atoms with van der Waals surface area (Å²) in [6.07, 6.45) is -3.58. The van der Waals surface area contributed by atoms with Crippen LogP contribution in [0.25, 0.3) is 0 Å². The second-order valence-electron chi connectivity index (χ2n) is 4.29. The van der Waals surface area contributed by atoms with Gasteiger partial charge in [0.2, 0.25) is 5.91 Å². The van der Waals surface area contributed by atoms with Gasteiger partial charge in [-0.1, -0.05) is 11.6 Å². The third kappa shape index (κ3) is 2.52. The number of anilines is 1. The zero-order valence-electron chi connectivity index (χ0n) is 9.72. The minimum absolute atomic E-state index is 0.0651. The molecule has 0 aliphatic carbocycles. The smallest absolute Gasteiger partial charge is 0.315 e. The van der Waals surface area contributed by atoms with E-state index in [1.807, 2.05) is 0 Å². The fraction of sp³-hybridized carbons (Fsp3) is 0.455. The van der Waals surface area contributed by atoms with Crippen LogP contribution in [-0.2, 0) is 4.79 Å². The Labute approximate surface area is 112 Å². The summed E-state index contributed by atoms with van der Waals surface area (Å²) in [6, 6.07) is 2.96. The fourth-order valence-electron chi connectivity index (χ4n) is 1.96. The number of halogens is 4. The molecular formula is C11H11ClF3N3O. The highest BCUT2D eigenvalue weighted by Gasteiger charge is 2.61. The largest absolute Gasteiger partial charge is 0.404 e. The van der Waals surface area contributed by atoms with Gasteiger partial charge in [0.05, 0.1) is 5.02 Å². The molecule has 1 unspecified atom stereocenters. The molecule has 1 saturated heterocycles. The molecule has 0 spiro atoms. The number of rotatable bonds is 2. The van der Waals surface area contributed by atoms with E-state index in [4.69, 9.17) is 11.6 Å². The van der Waals surface area contributed by atoms with Crippen LogP contribution in [0, 0.1) is 5.41 Å². The molecule has 1 fully saturated rings. The van der Waals surface area contributed by atoms with Crippen molar-refractivity contribution in [2.75, 3.05) is 18.4 Å². The van der Waals surface area contributed by atoms with Crippen molar-refractivity contribution in [3.63, 3.8) is 0 Å². The zero-order chi connectivity index (χ0) is 14.1. The van der Waals surface area contributed by atoms with Gasteiger partial charge in [-0.25, -0.2) is 4.98 Å². The maximum absolute atomic E-state index is 13.1. The predicted octanol–water partition coefficient (Wildman–Crippen LogP) is 2.22. The first-order valence-corrected chi connectivity index (χ1v) is 5.94. The summed E-state index contributed by atoms with van der Waals surface area (Å²) in [6.45, 7) is -0.296. The highest BCUT2D eigenvalue weighted by Crippen LogP contribution is 2.43. The molecule has 1 atom stereocenters. The number of hydrogen-bond donors (Lipinski definition) is 2. The second-order valence-corrected chi connectivity index (χ2v) is 4.70. The van der Waals surface area contributed by atoms with Gasteiger partial charge in [0.25, 0.3) is 0 Å². The molecule has 4 nitrogen and oxygen atoms in total. The molecule has 1 aromatic heterocycles. The van der Waals surface area contributed by atoms with Gasteiger partial charge in [-0.2, -0.15) is 13.2 Å². The number of pyridine rings is 1. The number of alkyl halides is 3. The van der Waals surface area contributed by atoms with Crippen molar-refractivity contribution in [2.24, 2.45) is 5.41 Å². The lowest BCUT2D eigenvalue weighted by Crippen LogP contribution is -2.49. The molecule has 0 bridgehead atoms. The number of nitrogens with one attached hydrogen (secondary N) is 2. The summed E-state index contributed by atoms with van der Waals surface area (Å²) in [7, 11) is 0. The molecule has 2 rings (SSSR count). The van der Waals surface area contributed by atoms with Gasteiger partial charge < -0.3 is 10.6 Å². The third-order valence-corrected chi connectivity index (χ3v) is 3.43. The van der Waals surface area contributed by atoms with E-state index in [9.17, 15) is 18.0 Å². The van der Waals surface area contributed by atoms with Crippen LogP contribution in [0.1, 0.15) is 6.42 Å². The molecule has 1 amide bonds. The number of hydrogen-bond acceptors (Lipinski definition) is 3. The van der Waals surface area contributed by atoms with Crippen LogP contribution in [0.15, 0.2) is 18.3 Å². The van der Waals surface area contributed by atoms with Crippen LogP contribution in [0.4, 0.5) is 19.0 Å². The predicted molar refractivity (Wildman–Crippen MR) is 63.9 cm³/mol. The van der Waals surface area contributed by atoms with E-state index in [0.29, 0.717) is 0 Å². The molecule has 2 heterocycles. The van der Waals surface area contributed by atoms with E-state index >= 15 is 0 Å². The molecular weight excluding hydrogens is 283 g/mol. The number of carbonyl (C=O) groups excluding carboxylic acids is 1. The quantitative estimate of drug-likeness (QED) is 0.879. The molecule has 2 N–H and O–H groups in total. The van der Waals surface area contributed by atoms with Gasteiger partial charge >= 0.3 is 6.18 Å². The van der Waals surface area contributed by atoms with Crippen LogP contribution in [0.3, 0.4) is 0 Å². The van der Waals surface area contributed by atoms with E-state index in [2.05, 4.69) is 15.6 Å². The van der Waals surface area contributed by atoms with Crippen molar-refractivity contribution in [1.82, 2.24) is 10.3 Å². The maximum Gasteiger partial charge on any atom is 0.404 e. The van der Waals surface area contributed by atoms with E-state index in [1.165, 1.54) is 18.3 Å². The van der Waals surface area contributed by atoms with Gasteiger partial charge in [0.15, 0.2) is 11.2 Å². The topological polar surface area (TPSA) is 54.0 Å². The highest BCUT2D eigenvalue weighted by atomic mass is 35.5. The molecule has 0 aromatic carbocycles. The average Bonchev–Trinajstić information content (AvgIpc) is 2.82. The van der Waals surface area contributed by atoms with Crippen LogP contribution in [0.5, 0.6) is 0 Å². The molecule has 1 aliphatic rings. The minimum atomic E-state index is -4.62. The normalized spacial score (nSPS) is 23.4. The van der Waals surface area contributed by atoms with Crippen LogP contribution >= 0.6 is 11.6 Å². The first-order valence-electron chi connectivity index (χ1n) is 5.56. The zero-order valence-corrected chi connectivity index (χ0v) is 10.5. The molecule has 1 aromatic rings. The van der Waals surface area contributed by atoms with E-state index in [-0.39, 0.29) is 23.8 Å². The molecule has 0 radical (unpaired) electrons. The molecule has 8 heteroatoms. The lowest BCUT2D eigenvalue weighted by molar-refractivity contribution is -0.213. The van der Waals surface area contributed by atoms with Gasteiger partial charge in [0, 0.05) is 12.7 Å². The minimum Gasteiger partial charge on any atom is -0.315 e. The summed E-state index contributed by atoms with van der Waals surface area (Å²) < 4.78 is 39.3. The van der Waals surface area contributed by atoms with E-state index in [1.54, 1.807) is 0 Å². The monoisotopic (exact) mass is 293 g/mol. The fourth-order valence-corrected chi connectivity index (χ4v) is 2.13. The number of carbonyl (C=O) groups is 1. The van der Waals surface area contributed by atoms with Crippen LogP contribution in [0.2, 0.25) is 5.02 Å². The van der Waals surface area contributed by atoms with E-state index in [0.717, 1.165) is 0 Å². The Morgan fingerprint density at radius 2 is 2.26 bits per heavy atom. The molecule has 0 saturated carbocycles. The van der Waals surface area contributed by atoms with Crippen molar-refractivity contribution >= 4 is 23.3 Å². The Morgan fingerprint density at radius 3 is 2.79 bits per heavy atom. The first-order chi connectivity index (χ1) is 8.87. The Kier molecular flexibility index (Phi) is 3.69. The molecule has 104 valence electrons. The average molecular weight is 294 g/mol. The third-order valence-electron chi connectivity index (χ3n) is 3.12. The Hall–Kier alpha value is -1.34. The van der Waals surface area contributed by atoms with Crippen molar-refractivity contribution in [3.8, 4) is 0 Å². The summed E-state index contributed by atoms with van der Waals surface area (Å²) in [5.74, 6) is -1.20. The SMILES string of the molecule is O=C(Nc1ncccc1Cl)C1(C(F)(F)F)CCNC1. The van der Waals surface area contributed by atoms with Gasteiger partial charge in [0.1, 0.15) is 0 Å². The van der Waals surface area contributed by atoms with E-state index < -0.39 is 24.0 Å².